The predicted molar refractivity (Wildman–Crippen MR) is 201 cm³/mol. The van der Waals surface area contributed by atoms with Gasteiger partial charge in [0, 0.05) is 16.8 Å². The molecule has 7 aromatic rings. The van der Waals surface area contributed by atoms with Crippen LogP contribution in [-0.4, -0.2) is 10.7 Å². The molecule has 1 heterocycles. The largest absolute Gasteiger partial charge is 0.285 e. The van der Waals surface area contributed by atoms with Crippen molar-refractivity contribution >= 4 is 16.5 Å². The molecule has 0 radical (unpaired) electrons. The van der Waals surface area contributed by atoms with E-state index in [9.17, 15) is 0 Å². The number of fused-ring (bicyclic) bond motifs is 1. The number of aliphatic imine (C=N–C) groups is 1. The van der Waals surface area contributed by atoms with E-state index in [1.807, 2.05) is 38.1 Å². The Balaban J connectivity index is 1.40. The number of benzene rings is 6. The Bertz CT molecular complexity index is 2150. The van der Waals surface area contributed by atoms with E-state index in [-0.39, 0.29) is 0 Å². The molecule has 0 unspecified atom stereocenters. The molecular weight excluding hydrogens is 569 g/mol. The number of hydrogen-bond donors (Lipinski definition) is 0. The zero-order valence-electron chi connectivity index (χ0n) is 26.8. The maximum Gasteiger partial charge on any atom is 0.0715 e. The average Bonchev–Trinajstić information content (AvgIpc) is 3.14. The molecule has 6 aromatic carbocycles. The van der Waals surface area contributed by atoms with Crippen LogP contribution < -0.4 is 0 Å². The molecule has 0 saturated heterocycles. The van der Waals surface area contributed by atoms with Gasteiger partial charge in [0.1, 0.15) is 0 Å². The van der Waals surface area contributed by atoms with Crippen LogP contribution in [0.1, 0.15) is 19.4 Å². The number of hydrogen-bond acceptors (Lipinski definition) is 2. The first-order valence-electron chi connectivity index (χ1n) is 16.1. The van der Waals surface area contributed by atoms with E-state index >= 15 is 0 Å². The number of nitrogens with zero attached hydrogens (tertiary/aromatic N) is 2. The number of allylic oxidation sites excluding steroid dienone is 2. The maximum atomic E-state index is 5.14. The number of rotatable bonds is 8. The highest BCUT2D eigenvalue weighted by Crippen LogP contribution is 2.38. The first-order chi connectivity index (χ1) is 23.1. The van der Waals surface area contributed by atoms with E-state index in [0.717, 1.165) is 39.4 Å². The summed E-state index contributed by atoms with van der Waals surface area (Å²) >= 11 is 0. The highest BCUT2D eigenvalue weighted by atomic mass is 14.7. The summed E-state index contributed by atoms with van der Waals surface area (Å²) in [7, 11) is 0. The van der Waals surface area contributed by atoms with Gasteiger partial charge in [-0.25, -0.2) is 4.98 Å². The SMILES string of the molecule is C/C=C/C(C)=NCc1ccc(-c2cc(-c3cc(-c4ccccc4)nc(-c4ccccc4)c3)cc(-c3cccc4ccccc34)c2)cc1. The zero-order valence-corrected chi connectivity index (χ0v) is 26.8. The summed E-state index contributed by atoms with van der Waals surface area (Å²) in [5, 5.41) is 2.48. The van der Waals surface area contributed by atoms with Crippen molar-refractivity contribution in [3.8, 4) is 55.9 Å². The van der Waals surface area contributed by atoms with Gasteiger partial charge in [-0.1, -0.05) is 133 Å². The Morgan fingerprint density at radius 1 is 0.532 bits per heavy atom. The third kappa shape index (κ3) is 6.73. The van der Waals surface area contributed by atoms with Crippen molar-refractivity contribution in [2.75, 3.05) is 0 Å². The Labute approximate surface area is 277 Å². The summed E-state index contributed by atoms with van der Waals surface area (Å²) in [4.78, 5) is 9.85. The molecule has 0 amide bonds. The molecule has 1 aromatic heterocycles. The minimum atomic E-state index is 0.666. The Kier molecular flexibility index (Phi) is 8.66. The van der Waals surface area contributed by atoms with Gasteiger partial charge in [0.2, 0.25) is 0 Å². The molecule has 0 aliphatic heterocycles. The lowest BCUT2D eigenvalue weighted by molar-refractivity contribution is 1.07. The lowest BCUT2D eigenvalue weighted by atomic mass is 9.90. The molecule has 0 bridgehead atoms. The fraction of sp³-hybridized carbons (Fsp3) is 0.0667. The molecule has 0 N–H and O–H groups in total. The maximum absolute atomic E-state index is 5.14. The number of aromatic nitrogens is 1. The van der Waals surface area contributed by atoms with Gasteiger partial charge in [0.05, 0.1) is 17.9 Å². The van der Waals surface area contributed by atoms with E-state index in [1.165, 1.54) is 38.6 Å². The normalized spacial score (nSPS) is 11.7. The third-order valence-corrected chi connectivity index (χ3v) is 8.54. The fourth-order valence-corrected chi connectivity index (χ4v) is 6.12. The van der Waals surface area contributed by atoms with Crippen LogP contribution in [0, 0.1) is 0 Å². The number of pyridine rings is 1. The van der Waals surface area contributed by atoms with Gasteiger partial charge >= 0.3 is 0 Å². The minimum absolute atomic E-state index is 0.666. The van der Waals surface area contributed by atoms with Crippen molar-refractivity contribution in [2.24, 2.45) is 4.99 Å². The average molecular weight is 605 g/mol. The Hall–Kier alpha value is -5.86. The molecular formula is C45H36N2. The second-order valence-corrected chi connectivity index (χ2v) is 11.8. The molecule has 0 spiro atoms. The van der Waals surface area contributed by atoms with Crippen LogP contribution in [0.4, 0.5) is 0 Å². The van der Waals surface area contributed by atoms with Crippen LogP contribution in [0.25, 0.3) is 66.7 Å². The molecule has 0 atom stereocenters. The van der Waals surface area contributed by atoms with Crippen molar-refractivity contribution in [1.82, 2.24) is 4.98 Å². The van der Waals surface area contributed by atoms with Crippen LogP contribution in [0.3, 0.4) is 0 Å². The van der Waals surface area contributed by atoms with E-state index < -0.39 is 0 Å². The van der Waals surface area contributed by atoms with Crippen LogP contribution in [0.15, 0.2) is 175 Å². The highest BCUT2D eigenvalue weighted by molar-refractivity contribution is 5.98. The monoisotopic (exact) mass is 604 g/mol. The highest BCUT2D eigenvalue weighted by Gasteiger charge is 2.13. The summed E-state index contributed by atoms with van der Waals surface area (Å²) in [6.07, 6.45) is 4.07. The molecule has 0 aliphatic carbocycles. The standard InChI is InChI=1S/C45H36N2/c1-3-13-32(2)46-31-33-22-24-34(25-23-33)38-26-39(28-41(27-38)43-21-12-19-35-14-10-11-20-42(35)43)40-29-44(36-15-6-4-7-16-36)47-45(30-40)37-17-8-5-9-18-37/h3-30H,31H2,1-2H3/b13-3+,46-32?. The first kappa shape index (κ1) is 29.8. The van der Waals surface area contributed by atoms with Gasteiger partial charge in [-0.05, 0) is 100.0 Å². The molecule has 2 heteroatoms. The van der Waals surface area contributed by atoms with Crippen LogP contribution in [0.2, 0.25) is 0 Å². The van der Waals surface area contributed by atoms with Gasteiger partial charge in [0.25, 0.3) is 0 Å². The predicted octanol–water partition coefficient (Wildman–Crippen LogP) is 12.1. The van der Waals surface area contributed by atoms with Gasteiger partial charge in [-0.2, -0.15) is 0 Å². The molecule has 0 fully saturated rings. The van der Waals surface area contributed by atoms with Gasteiger partial charge < -0.3 is 0 Å². The van der Waals surface area contributed by atoms with E-state index in [0.29, 0.717) is 6.54 Å². The molecule has 0 aliphatic rings. The lowest BCUT2D eigenvalue weighted by Crippen LogP contribution is -1.93. The summed E-state index contributed by atoms with van der Waals surface area (Å²) in [5.41, 5.74) is 13.4. The third-order valence-electron chi connectivity index (χ3n) is 8.54. The summed E-state index contributed by atoms with van der Waals surface area (Å²) in [5.74, 6) is 0. The van der Waals surface area contributed by atoms with Gasteiger partial charge in [-0.3, -0.25) is 4.99 Å². The van der Waals surface area contributed by atoms with Crippen molar-refractivity contribution in [3.05, 3.63) is 175 Å². The summed E-state index contributed by atoms with van der Waals surface area (Å²) in [6, 6.07) is 56.4. The van der Waals surface area contributed by atoms with Crippen LogP contribution in [-0.2, 0) is 6.54 Å². The molecule has 2 nitrogen and oxygen atoms in total. The molecule has 226 valence electrons. The van der Waals surface area contributed by atoms with Crippen LogP contribution in [0.5, 0.6) is 0 Å². The second kappa shape index (κ2) is 13.6. The van der Waals surface area contributed by atoms with Crippen molar-refractivity contribution < 1.29 is 0 Å². The van der Waals surface area contributed by atoms with E-state index in [2.05, 4.69) is 146 Å². The quantitative estimate of drug-likeness (QED) is 0.158. The molecule has 47 heavy (non-hydrogen) atoms. The van der Waals surface area contributed by atoms with E-state index in [1.54, 1.807) is 0 Å². The van der Waals surface area contributed by atoms with Crippen molar-refractivity contribution in [3.63, 3.8) is 0 Å². The zero-order chi connectivity index (χ0) is 32.0. The van der Waals surface area contributed by atoms with Crippen molar-refractivity contribution in [1.29, 1.82) is 0 Å². The van der Waals surface area contributed by atoms with Gasteiger partial charge in [-0.15, -0.1) is 0 Å². The van der Waals surface area contributed by atoms with Crippen molar-refractivity contribution in [2.45, 2.75) is 20.4 Å². The summed E-state index contributed by atoms with van der Waals surface area (Å²) in [6.45, 7) is 4.73. The van der Waals surface area contributed by atoms with E-state index in [4.69, 9.17) is 9.98 Å². The van der Waals surface area contributed by atoms with Crippen LogP contribution >= 0.6 is 0 Å². The smallest absolute Gasteiger partial charge is 0.0715 e. The Morgan fingerprint density at radius 3 is 1.74 bits per heavy atom. The topological polar surface area (TPSA) is 25.2 Å². The van der Waals surface area contributed by atoms with Gasteiger partial charge in [0.15, 0.2) is 0 Å². The minimum Gasteiger partial charge on any atom is -0.285 e. The molecule has 0 saturated carbocycles. The first-order valence-corrected chi connectivity index (χ1v) is 16.1. The lowest BCUT2D eigenvalue weighted by Gasteiger charge is -2.15. The molecule has 7 rings (SSSR count). The Morgan fingerprint density at radius 2 is 1.09 bits per heavy atom. The summed E-state index contributed by atoms with van der Waals surface area (Å²) < 4.78 is 0. The fourth-order valence-electron chi connectivity index (χ4n) is 6.12. The second-order valence-electron chi connectivity index (χ2n) is 11.8.